The van der Waals surface area contributed by atoms with Gasteiger partial charge in [-0.1, -0.05) is 23.2 Å². The van der Waals surface area contributed by atoms with Crippen LogP contribution < -0.4 is 5.73 Å². The van der Waals surface area contributed by atoms with Gasteiger partial charge in [0.25, 0.3) is 5.91 Å². The molecule has 2 heterocycles. The average Bonchev–Trinajstić information content (AvgIpc) is 2.69. The summed E-state index contributed by atoms with van der Waals surface area (Å²) in [4.78, 5) is 27.6. The highest BCUT2D eigenvalue weighted by molar-refractivity contribution is 6.41. The van der Waals surface area contributed by atoms with Crippen molar-refractivity contribution in [2.24, 2.45) is 11.7 Å². The number of piperidine rings is 1. The minimum atomic E-state index is -0.366. The molecule has 0 aliphatic carbocycles. The smallest absolute Gasteiger partial charge is 0.270 e. The van der Waals surface area contributed by atoms with Crippen molar-refractivity contribution >= 4 is 35.0 Å². The van der Waals surface area contributed by atoms with Gasteiger partial charge in [-0.25, -0.2) is 0 Å². The van der Waals surface area contributed by atoms with E-state index in [1.54, 1.807) is 4.90 Å². The van der Waals surface area contributed by atoms with Crippen molar-refractivity contribution in [1.82, 2.24) is 9.88 Å². The van der Waals surface area contributed by atoms with Crippen LogP contribution >= 0.6 is 23.2 Å². The molecular weight excluding hydrogens is 277 g/mol. The fraction of sp³-hybridized carbons (Fsp3) is 0.455. The van der Waals surface area contributed by atoms with Gasteiger partial charge >= 0.3 is 0 Å². The average molecular weight is 290 g/mol. The molecule has 7 heteroatoms. The van der Waals surface area contributed by atoms with Crippen molar-refractivity contribution in [2.45, 2.75) is 12.8 Å². The monoisotopic (exact) mass is 289 g/mol. The molecule has 1 aromatic rings. The number of H-pyrrole nitrogens is 1. The van der Waals surface area contributed by atoms with Crippen LogP contribution in [-0.4, -0.2) is 34.8 Å². The Balaban J connectivity index is 2.11. The van der Waals surface area contributed by atoms with Crippen LogP contribution in [0.15, 0.2) is 6.07 Å². The highest BCUT2D eigenvalue weighted by Gasteiger charge is 2.28. The first kappa shape index (κ1) is 13.2. The van der Waals surface area contributed by atoms with Crippen LogP contribution in [0.4, 0.5) is 0 Å². The van der Waals surface area contributed by atoms with Gasteiger partial charge in [0.15, 0.2) is 0 Å². The Hall–Kier alpha value is -1.20. The van der Waals surface area contributed by atoms with E-state index in [0.717, 1.165) is 12.8 Å². The Morgan fingerprint density at radius 3 is 2.72 bits per heavy atom. The normalized spacial score (nSPS) is 19.9. The van der Waals surface area contributed by atoms with E-state index in [9.17, 15) is 9.59 Å². The standard InChI is InChI=1S/C11H13Cl2N3O2/c12-7-4-8(15-9(7)13)11(18)16-3-1-2-6(5-16)10(14)17/h4,6,15H,1-3,5H2,(H2,14,17). The van der Waals surface area contributed by atoms with Crippen molar-refractivity contribution in [2.75, 3.05) is 13.1 Å². The number of amides is 2. The predicted octanol–water partition coefficient (Wildman–Crippen LogP) is 1.66. The Kier molecular flexibility index (Phi) is 3.82. The van der Waals surface area contributed by atoms with Crippen molar-refractivity contribution in [3.8, 4) is 0 Å². The van der Waals surface area contributed by atoms with E-state index in [2.05, 4.69) is 4.98 Å². The van der Waals surface area contributed by atoms with Crippen LogP contribution in [0.5, 0.6) is 0 Å². The number of likely N-dealkylation sites (tertiary alicyclic amines) is 1. The van der Waals surface area contributed by atoms with Crippen molar-refractivity contribution in [1.29, 1.82) is 0 Å². The lowest BCUT2D eigenvalue weighted by molar-refractivity contribution is -0.123. The van der Waals surface area contributed by atoms with Crippen LogP contribution in [0.2, 0.25) is 10.2 Å². The molecule has 1 aliphatic rings. The molecule has 0 radical (unpaired) electrons. The van der Waals surface area contributed by atoms with Gasteiger partial charge in [-0.15, -0.1) is 0 Å². The molecule has 98 valence electrons. The highest BCUT2D eigenvalue weighted by atomic mass is 35.5. The Bertz CT molecular complexity index is 467. The van der Waals surface area contributed by atoms with E-state index in [1.807, 2.05) is 0 Å². The maximum atomic E-state index is 12.2. The lowest BCUT2D eigenvalue weighted by Crippen LogP contribution is -2.44. The molecule has 2 amide bonds. The largest absolute Gasteiger partial charge is 0.369 e. The summed E-state index contributed by atoms with van der Waals surface area (Å²) in [6.07, 6.45) is 1.49. The Morgan fingerprint density at radius 2 is 2.17 bits per heavy atom. The van der Waals surface area contributed by atoms with E-state index < -0.39 is 0 Å². The van der Waals surface area contributed by atoms with Crippen LogP contribution in [0.3, 0.4) is 0 Å². The zero-order valence-corrected chi connectivity index (χ0v) is 11.1. The maximum absolute atomic E-state index is 12.2. The quantitative estimate of drug-likeness (QED) is 0.868. The molecule has 1 unspecified atom stereocenters. The number of aromatic amines is 1. The third kappa shape index (κ3) is 2.62. The number of nitrogens with one attached hydrogen (secondary N) is 1. The summed E-state index contributed by atoms with van der Waals surface area (Å²) in [7, 11) is 0. The molecule has 1 atom stereocenters. The van der Waals surface area contributed by atoms with E-state index in [4.69, 9.17) is 28.9 Å². The number of rotatable bonds is 2. The second-order valence-electron chi connectivity index (χ2n) is 4.34. The minimum Gasteiger partial charge on any atom is -0.369 e. The molecule has 18 heavy (non-hydrogen) atoms. The summed E-state index contributed by atoms with van der Waals surface area (Å²) in [6.45, 7) is 0.958. The third-order valence-electron chi connectivity index (χ3n) is 3.07. The van der Waals surface area contributed by atoms with E-state index in [-0.39, 0.29) is 22.9 Å². The third-order valence-corrected chi connectivity index (χ3v) is 3.76. The first-order valence-electron chi connectivity index (χ1n) is 5.61. The summed E-state index contributed by atoms with van der Waals surface area (Å²) < 4.78 is 0. The molecule has 0 aromatic carbocycles. The summed E-state index contributed by atoms with van der Waals surface area (Å²) in [5.41, 5.74) is 5.60. The molecule has 2 rings (SSSR count). The van der Waals surface area contributed by atoms with Gasteiger partial charge in [-0.3, -0.25) is 9.59 Å². The first-order valence-corrected chi connectivity index (χ1v) is 6.37. The van der Waals surface area contributed by atoms with E-state index in [1.165, 1.54) is 6.07 Å². The first-order chi connectivity index (χ1) is 8.49. The van der Waals surface area contributed by atoms with Crippen molar-refractivity contribution in [3.63, 3.8) is 0 Å². The second-order valence-corrected chi connectivity index (χ2v) is 5.12. The van der Waals surface area contributed by atoms with Gasteiger partial charge in [0, 0.05) is 13.1 Å². The maximum Gasteiger partial charge on any atom is 0.270 e. The highest BCUT2D eigenvalue weighted by Crippen LogP contribution is 2.24. The Labute approximate surface area is 114 Å². The minimum absolute atomic E-state index is 0.213. The zero-order valence-electron chi connectivity index (χ0n) is 9.58. The van der Waals surface area contributed by atoms with Crippen molar-refractivity contribution in [3.05, 3.63) is 21.9 Å². The number of nitrogens with zero attached hydrogens (tertiary/aromatic N) is 1. The molecule has 0 spiro atoms. The SMILES string of the molecule is NC(=O)C1CCCN(C(=O)c2cc(Cl)c(Cl)[nH]2)C1. The number of hydrogen-bond donors (Lipinski definition) is 2. The Morgan fingerprint density at radius 1 is 1.44 bits per heavy atom. The number of halogens is 2. The summed E-state index contributed by atoms with van der Waals surface area (Å²) >= 11 is 11.5. The van der Waals surface area contributed by atoms with Gasteiger partial charge in [0.2, 0.25) is 5.91 Å². The van der Waals surface area contributed by atoms with Crippen LogP contribution in [0.1, 0.15) is 23.3 Å². The fourth-order valence-electron chi connectivity index (χ4n) is 2.08. The second kappa shape index (κ2) is 5.20. The molecule has 1 saturated heterocycles. The van der Waals surface area contributed by atoms with Gasteiger partial charge in [-0.2, -0.15) is 0 Å². The summed E-state index contributed by atoms with van der Waals surface area (Å²) in [5.74, 6) is -0.853. The number of aromatic nitrogens is 1. The van der Waals surface area contributed by atoms with Crippen LogP contribution in [-0.2, 0) is 4.79 Å². The molecule has 1 aromatic heterocycles. The molecule has 0 bridgehead atoms. The van der Waals surface area contributed by atoms with E-state index in [0.29, 0.717) is 23.8 Å². The number of carbonyl (C=O) groups excluding carboxylic acids is 2. The summed E-state index contributed by atoms with van der Waals surface area (Å²) in [6, 6.07) is 1.49. The van der Waals surface area contributed by atoms with Gasteiger partial charge < -0.3 is 15.6 Å². The molecule has 1 fully saturated rings. The number of primary amides is 1. The molecule has 3 N–H and O–H groups in total. The number of hydrogen-bond acceptors (Lipinski definition) is 2. The van der Waals surface area contributed by atoms with Gasteiger partial charge in [0.1, 0.15) is 10.8 Å². The molecular formula is C11H13Cl2N3O2. The lowest BCUT2D eigenvalue weighted by Gasteiger charge is -2.30. The lowest BCUT2D eigenvalue weighted by atomic mass is 9.97. The number of carbonyl (C=O) groups is 2. The summed E-state index contributed by atoms with van der Waals surface area (Å²) in [5, 5.41) is 0.548. The van der Waals surface area contributed by atoms with Gasteiger partial charge in [-0.05, 0) is 18.9 Å². The van der Waals surface area contributed by atoms with Gasteiger partial charge in [0.05, 0.1) is 10.9 Å². The topological polar surface area (TPSA) is 79.2 Å². The van der Waals surface area contributed by atoms with Crippen LogP contribution in [0.25, 0.3) is 0 Å². The van der Waals surface area contributed by atoms with Crippen molar-refractivity contribution < 1.29 is 9.59 Å². The zero-order chi connectivity index (χ0) is 13.3. The molecule has 1 aliphatic heterocycles. The van der Waals surface area contributed by atoms with E-state index >= 15 is 0 Å². The molecule has 5 nitrogen and oxygen atoms in total. The number of nitrogens with two attached hydrogens (primary N) is 1. The predicted molar refractivity (Wildman–Crippen MR) is 68.6 cm³/mol. The molecule has 0 saturated carbocycles. The fourth-order valence-corrected chi connectivity index (χ4v) is 2.40. The van der Waals surface area contributed by atoms with Crippen LogP contribution in [0, 0.1) is 5.92 Å².